The van der Waals surface area contributed by atoms with Crippen molar-refractivity contribution >= 4 is 11.8 Å². The summed E-state index contributed by atoms with van der Waals surface area (Å²) in [6, 6.07) is 0. The molecule has 0 aromatic heterocycles. The molecule has 0 N–H and O–H groups in total. The fourth-order valence-electron chi connectivity index (χ4n) is 6.15. The lowest BCUT2D eigenvalue weighted by molar-refractivity contribution is 0.167. The third-order valence-corrected chi connectivity index (χ3v) is 11.7. The van der Waals surface area contributed by atoms with Gasteiger partial charge in [0, 0.05) is 6.61 Å². The van der Waals surface area contributed by atoms with E-state index < -0.39 is 0 Å². The van der Waals surface area contributed by atoms with Crippen LogP contribution in [0.4, 0.5) is 0 Å². The van der Waals surface area contributed by atoms with E-state index in [1.165, 1.54) is 114 Å². The van der Waals surface area contributed by atoms with Gasteiger partial charge >= 0.3 is 0 Å². The third kappa shape index (κ3) is 20.9. The van der Waals surface area contributed by atoms with Crippen LogP contribution < -0.4 is 0 Å². The second kappa shape index (κ2) is 18.3. The van der Waals surface area contributed by atoms with E-state index in [-0.39, 0.29) is 0 Å². The van der Waals surface area contributed by atoms with Gasteiger partial charge in [-0.05, 0) is 108 Å². The largest absolute Gasteiger partial charge is 0.381 e. The summed E-state index contributed by atoms with van der Waals surface area (Å²) in [5, 5.41) is 0. The number of thioether (sulfide) groups is 1. The monoisotopic (exact) mass is 607 g/mol. The Labute approximate surface area is 271 Å². The van der Waals surface area contributed by atoms with Gasteiger partial charge in [0.15, 0.2) is 0 Å². The Hall–Kier alpha value is 0.0500. The highest BCUT2D eigenvalue weighted by Gasteiger charge is 2.25. The number of hydrogen-bond acceptors (Lipinski definition) is 2. The molecule has 0 unspecified atom stereocenters. The zero-order valence-electron chi connectivity index (χ0n) is 31.1. The molecule has 5 fully saturated rings. The summed E-state index contributed by atoms with van der Waals surface area (Å²) in [5.41, 5.74) is 3.81. The predicted octanol–water partition coefficient (Wildman–Crippen LogP) is 13.7. The van der Waals surface area contributed by atoms with Crippen LogP contribution in [0.2, 0.25) is 0 Å². The smallest absolute Gasteiger partial charge is 0.0517 e. The highest BCUT2D eigenvalue weighted by atomic mass is 32.2. The highest BCUT2D eigenvalue weighted by Crippen LogP contribution is 2.39. The lowest BCUT2D eigenvalue weighted by Gasteiger charge is -2.33. The molecule has 6 rings (SSSR count). The fourth-order valence-corrected chi connectivity index (χ4v) is 7.69. The average Bonchev–Trinajstić information content (AvgIpc) is 3.65. The van der Waals surface area contributed by atoms with E-state index in [1.54, 1.807) is 0 Å². The minimum Gasteiger partial charge on any atom is -0.381 e. The van der Waals surface area contributed by atoms with Gasteiger partial charge in [0.1, 0.15) is 0 Å². The SMILES string of the molecule is CC1(C)CC=CC1.CC1(C)CCC1.CC1(C)CCCC1.CC1(C)CCCCC1.CC1(C)CCOC1.CC1(C)CCSC1. The average molecular weight is 607 g/mol. The van der Waals surface area contributed by atoms with E-state index in [2.05, 4.69) is 107 Å². The first-order chi connectivity index (χ1) is 19.2. The normalized spacial score (nSPS) is 27.9. The molecule has 2 aliphatic heterocycles. The molecule has 0 aromatic rings. The summed E-state index contributed by atoms with van der Waals surface area (Å²) in [6.45, 7) is 29.8. The Balaban J connectivity index is 0.000000252. The zero-order valence-corrected chi connectivity index (χ0v) is 31.9. The van der Waals surface area contributed by atoms with Crippen LogP contribution in [0, 0.1) is 32.5 Å². The Bertz CT molecular complexity index is 640. The summed E-state index contributed by atoms with van der Waals surface area (Å²) >= 11 is 2.08. The van der Waals surface area contributed by atoms with Crippen molar-refractivity contribution in [3.8, 4) is 0 Å². The predicted molar refractivity (Wildman–Crippen MR) is 194 cm³/mol. The zero-order chi connectivity index (χ0) is 32.0. The molecule has 2 heterocycles. The van der Waals surface area contributed by atoms with Gasteiger partial charge in [-0.2, -0.15) is 11.8 Å². The molecular formula is C40H78OS. The van der Waals surface area contributed by atoms with E-state index >= 15 is 0 Å². The molecule has 2 saturated heterocycles. The molecule has 250 valence electrons. The second-order valence-corrected chi connectivity index (χ2v) is 20.2. The molecule has 0 spiro atoms. The Morgan fingerprint density at radius 1 is 0.429 bits per heavy atom. The maximum atomic E-state index is 5.16. The Morgan fingerprint density at radius 2 is 0.857 bits per heavy atom. The minimum absolute atomic E-state index is 0.472. The highest BCUT2D eigenvalue weighted by molar-refractivity contribution is 7.99. The summed E-state index contributed by atoms with van der Waals surface area (Å²) in [7, 11) is 0. The van der Waals surface area contributed by atoms with Gasteiger partial charge in [-0.3, -0.25) is 0 Å². The summed E-state index contributed by atoms with van der Waals surface area (Å²) < 4.78 is 5.16. The number of allylic oxidation sites excluding steroid dienone is 2. The van der Waals surface area contributed by atoms with Crippen molar-refractivity contribution in [2.75, 3.05) is 24.7 Å². The van der Waals surface area contributed by atoms with E-state index in [9.17, 15) is 0 Å². The molecule has 0 amide bonds. The molecule has 0 atom stereocenters. The minimum atomic E-state index is 0.472. The molecule has 4 aliphatic carbocycles. The van der Waals surface area contributed by atoms with Crippen molar-refractivity contribution in [1.29, 1.82) is 0 Å². The van der Waals surface area contributed by atoms with Crippen molar-refractivity contribution in [3.05, 3.63) is 12.2 Å². The van der Waals surface area contributed by atoms with Crippen molar-refractivity contribution in [3.63, 3.8) is 0 Å². The van der Waals surface area contributed by atoms with Crippen molar-refractivity contribution < 1.29 is 4.74 Å². The van der Waals surface area contributed by atoms with Crippen LogP contribution >= 0.6 is 11.8 Å². The van der Waals surface area contributed by atoms with Crippen LogP contribution in [-0.2, 0) is 4.74 Å². The van der Waals surface area contributed by atoms with Gasteiger partial charge in [-0.1, -0.05) is 134 Å². The summed E-state index contributed by atoms with van der Waals surface area (Å²) in [4.78, 5) is 0. The number of ether oxygens (including phenoxy) is 1. The van der Waals surface area contributed by atoms with Crippen LogP contribution in [0.15, 0.2) is 12.2 Å². The van der Waals surface area contributed by atoms with Crippen LogP contribution in [-0.4, -0.2) is 24.7 Å². The van der Waals surface area contributed by atoms with Crippen LogP contribution in [0.3, 0.4) is 0 Å². The number of rotatable bonds is 0. The van der Waals surface area contributed by atoms with Crippen molar-refractivity contribution in [2.45, 2.75) is 186 Å². The molecule has 3 saturated carbocycles. The lowest BCUT2D eigenvalue weighted by Crippen LogP contribution is -2.20. The third-order valence-electron chi connectivity index (χ3n) is 10.2. The maximum absolute atomic E-state index is 5.16. The molecule has 1 nitrogen and oxygen atoms in total. The molecule has 0 radical (unpaired) electrons. The fraction of sp³-hybridized carbons (Fsp3) is 0.950. The Kier molecular flexibility index (Phi) is 17.4. The van der Waals surface area contributed by atoms with Crippen LogP contribution in [0.5, 0.6) is 0 Å². The van der Waals surface area contributed by atoms with Gasteiger partial charge in [0.05, 0.1) is 6.61 Å². The second-order valence-electron chi connectivity index (χ2n) is 19.1. The molecule has 42 heavy (non-hydrogen) atoms. The van der Waals surface area contributed by atoms with Gasteiger partial charge in [-0.15, -0.1) is 0 Å². The van der Waals surface area contributed by atoms with Crippen molar-refractivity contribution in [1.82, 2.24) is 0 Å². The van der Waals surface area contributed by atoms with E-state index in [1.807, 2.05) is 0 Å². The molecule has 0 aromatic carbocycles. The molecule has 0 bridgehead atoms. The van der Waals surface area contributed by atoms with Gasteiger partial charge in [-0.25, -0.2) is 0 Å². The lowest BCUT2D eigenvalue weighted by atomic mass is 9.72. The summed E-state index contributed by atoms with van der Waals surface area (Å²) in [5.74, 6) is 2.75. The number of hydrogen-bond donors (Lipinski definition) is 0. The van der Waals surface area contributed by atoms with Crippen LogP contribution in [0.25, 0.3) is 0 Å². The Morgan fingerprint density at radius 3 is 0.976 bits per heavy atom. The van der Waals surface area contributed by atoms with Gasteiger partial charge in [0.2, 0.25) is 0 Å². The van der Waals surface area contributed by atoms with Crippen molar-refractivity contribution in [2.24, 2.45) is 32.5 Å². The molecular weight excluding hydrogens is 529 g/mol. The first-order valence-electron chi connectivity index (χ1n) is 18.0. The maximum Gasteiger partial charge on any atom is 0.0517 e. The molecule has 2 heteroatoms. The molecule has 6 aliphatic rings. The van der Waals surface area contributed by atoms with E-state index in [4.69, 9.17) is 4.74 Å². The van der Waals surface area contributed by atoms with E-state index in [0.29, 0.717) is 27.1 Å². The summed E-state index contributed by atoms with van der Waals surface area (Å²) in [6.07, 6.45) is 27.2. The first-order valence-corrected chi connectivity index (χ1v) is 19.2. The standard InChI is InChI=1S/C8H16.C7H14.C7H12.C6H12O.C6H12S.C6H12/c1-8(2)6-4-3-5-7-8;2*1-7(2)5-3-4-6-7;2*1-6(2)3-4-7-5-6;1-6(2)4-3-5-6/h3-7H2,1-2H3;3-6H2,1-2H3;3-4H,5-6H2,1-2H3;2*3-5H2,1-2H3;3-5H2,1-2H3. The van der Waals surface area contributed by atoms with Gasteiger partial charge in [0.25, 0.3) is 0 Å². The van der Waals surface area contributed by atoms with E-state index in [0.717, 1.165) is 18.6 Å². The quantitative estimate of drug-likeness (QED) is 0.254. The first kappa shape index (κ1) is 40.1. The van der Waals surface area contributed by atoms with Gasteiger partial charge < -0.3 is 4.74 Å². The topological polar surface area (TPSA) is 9.23 Å². The van der Waals surface area contributed by atoms with Crippen LogP contribution in [0.1, 0.15) is 186 Å².